The van der Waals surface area contributed by atoms with Crippen LogP contribution < -0.4 is 4.72 Å². The average Bonchev–Trinajstić information content (AvgIpc) is 2.99. The third-order valence-electron chi connectivity index (χ3n) is 4.39. The molecule has 0 spiro atoms. The van der Waals surface area contributed by atoms with E-state index < -0.39 is 29.1 Å². The van der Waals surface area contributed by atoms with E-state index >= 15 is 0 Å². The van der Waals surface area contributed by atoms with E-state index in [9.17, 15) is 18.0 Å². The van der Waals surface area contributed by atoms with E-state index in [1.165, 1.54) is 24.3 Å². The molecule has 8 nitrogen and oxygen atoms in total. The topological polar surface area (TPSA) is 118 Å². The number of carbonyl (C=O) groups is 2. The molecule has 1 N–H and O–H groups in total. The number of sulfonamides is 1. The van der Waals surface area contributed by atoms with Gasteiger partial charge >= 0.3 is 5.97 Å². The minimum absolute atomic E-state index is 0.0799. The van der Waals surface area contributed by atoms with Gasteiger partial charge < -0.3 is 9.30 Å². The van der Waals surface area contributed by atoms with Crippen LogP contribution in [0.2, 0.25) is 0 Å². The quantitative estimate of drug-likeness (QED) is 0.493. The Balaban J connectivity index is 1.92. The Morgan fingerprint density at radius 1 is 1.21 bits per heavy atom. The van der Waals surface area contributed by atoms with Gasteiger partial charge in [-0.1, -0.05) is 6.92 Å². The highest BCUT2D eigenvalue weighted by Crippen LogP contribution is 2.16. The molecular weight excluding hydrogens is 394 g/mol. The van der Waals surface area contributed by atoms with Gasteiger partial charge in [0.15, 0.2) is 6.61 Å². The van der Waals surface area contributed by atoms with Crippen molar-refractivity contribution < 1.29 is 22.7 Å². The highest BCUT2D eigenvalue weighted by Gasteiger charge is 2.19. The second-order valence-electron chi connectivity index (χ2n) is 6.48. The molecule has 0 saturated heterocycles. The van der Waals surface area contributed by atoms with E-state index in [0.29, 0.717) is 11.1 Å². The molecule has 29 heavy (non-hydrogen) atoms. The summed E-state index contributed by atoms with van der Waals surface area (Å²) in [5, 5.41) is 8.75. The van der Waals surface area contributed by atoms with Crippen molar-refractivity contribution in [2.24, 2.45) is 0 Å². The first-order chi connectivity index (χ1) is 13.7. The highest BCUT2D eigenvalue weighted by atomic mass is 32.2. The molecule has 2 rings (SSSR count). The smallest absolute Gasteiger partial charge is 0.321 e. The largest absolute Gasteiger partial charge is 0.456 e. The van der Waals surface area contributed by atoms with Gasteiger partial charge in [-0.3, -0.25) is 9.59 Å². The Morgan fingerprint density at radius 3 is 2.45 bits per heavy atom. The number of benzene rings is 1. The normalized spacial score (nSPS) is 11.1. The first-order valence-corrected chi connectivity index (χ1v) is 10.5. The first kappa shape index (κ1) is 22.3. The van der Waals surface area contributed by atoms with E-state index in [-0.39, 0.29) is 10.7 Å². The summed E-state index contributed by atoms with van der Waals surface area (Å²) in [6.45, 7) is 5.51. The van der Waals surface area contributed by atoms with Crippen LogP contribution in [0.3, 0.4) is 0 Å². The molecule has 1 aromatic heterocycles. The minimum atomic E-state index is -3.93. The maximum atomic E-state index is 12.4. The second kappa shape index (κ2) is 9.49. The number of aryl methyl sites for hydroxylation is 1. The van der Waals surface area contributed by atoms with E-state index in [0.717, 1.165) is 24.4 Å². The molecule has 0 aliphatic carbocycles. The van der Waals surface area contributed by atoms with Crippen molar-refractivity contribution in [1.82, 2.24) is 9.29 Å². The number of nitrogens with zero attached hydrogens (tertiary/aromatic N) is 2. The minimum Gasteiger partial charge on any atom is -0.456 e. The number of nitriles is 1. The van der Waals surface area contributed by atoms with Crippen LogP contribution in [0.4, 0.5) is 0 Å². The van der Waals surface area contributed by atoms with Gasteiger partial charge in [-0.15, -0.1) is 0 Å². The molecule has 0 amide bonds. The summed E-state index contributed by atoms with van der Waals surface area (Å²) in [6.07, 6.45) is 0.929. The summed E-state index contributed by atoms with van der Waals surface area (Å²) in [5.74, 6) is -1.21. The zero-order chi connectivity index (χ0) is 21.6. The Bertz CT molecular complexity index is 1050. The number of hydrogen-bond acceptors (Lipinski definition) is 6. The molecule has 0 atom stereocenters. The first-order valence-electron chi connectivity index (χ1n) is 9.05. The summed E-state index contributed by atoms with van der Waals surface area (Å²) in [4.78, 5) is 24.2. The molecule has 0 unspecified atom stereocenters. The molecule has 1 aromatic carbocycles. The summed E-state index contributed by atoms with van der Waals surface area (Å²) in [5.41, 5.74) is 2.57. The number of rotatable bonds is 9. The molecule has 2 aromatic rings. The van der Waals surface area contributed by atoms with Crippen LogP contribution in [0.5, 0.6) is 0 Å². The molecule has 0 fully saturated rings. The molecule has 0 radical (unpaired) electrons. The van der Waals surface area contributed by atoms with Gasteiger partial charge in [0.25, 0.3) is 0 Å². The Kier molecular flexibility index (Phi) is 7.31. The number of nitrogens with one attached hydrogen (secondary N) is 1. The van der Waals surface area contributed by atoms with Gasteiger partial charge in [0, 0.05) is 23.5 Å². The number of hydrogen-bond donors (Lipinski definition) is 1. The van der Waals surface area contributed by atoms with Crippen LogP contribution >= 0.6 is 0 Å². The SMILES string of the molecule is CCCn1c(C)cc(C(=O)COC(=O)CNS(=O)(=O)c2ccc(C#N)cc2)c1C. The third-order valence-corrected chi connectivity index (χ3v) is 5.80. The third kappa shape index (κ3) is 5.53. The van der Waals surface area contributed by atoms with E-state index in [2.05, 4.69) is 4.72 Å². The van der Waals surface area contributed by atoms with E-state index in [1.807, 2.05) is 31.4 Å². The van der Waals surface area contributed by atoms with Crippen molar-refractivity contribution in [1.29, 1.82) is 5.26 Å². The van der Waals surface area contributed by atoms with E-state index in [4.69, 9.17) is 10.00 Å². The van der Waals surface area contributed by atoms with Crippen molar-refractivity contribution in [2.75, 3.05) is 13.2 Å². The lowest BCUT2D eigenvalue weighted by atomic mass is 10.1. The highest BCUT2D eigenvalue weighted by molar-refractivity contribution is 7.89. The fourth-order valence-electron chi connectivity index (χ4n) is 2.87. The Morgan fingerprint density at radius 2 is 1.86 bits per heavy atom. The molecule has 0 bridgehead atoms. The lowest BCUT2D eigenvalue weighted by Gasteiger charge is -2.09. The Labute approximate surface area is 170 Å². The lowest BCUT2D eigenvalue weighted by Crippen LogP contribution is -2.31. The number of esters is 1. The van der Waals surface area contributed by atoms with Crippen LogP contribution in [-0.4, -0.2) is 37.9 Å². The molecular formula is C20H23N3O5S. The van der Waals surface area contributed by atoms with Crippen LogP contribution in [0.15, 0.2) is 35.2 Å². The molecule has 9 heteroatoms. The van der Waals surface area contributed by atoms with Crippen molar-refractivity contribution in [3.05, 3.63) is 52.8 Å². The van der Waals surface area contributed by atoms with Crippen LogP contribution in [0, 0.1) is 25.2 Å². The maximum absolute atomic E-state index is 12.4. The molecule has 154 valence electrons. The molecule has 0 saturated carbocycles. The van der Waals surface area contributed by atoms with Gasteiger partial charge in [-0.25, -0.2) is 8.42 Å². The van der Waals surface area contributed by atoms with Gasteiger partial charge in [0.2, 0.25) is 15.8 Å². The van der Waals surface area contributed by atoms with Crippen molar-refractivity contribution in [2.45, 2.75) is 38.6 Å². The number of ketones is 1. The lowest BCUT2D eigenvalue weighted by molar-refractivity contribution is -0.141. The summed E-state index contributed by atoms with van der Waals surface area (Å²) in [6, 6.07) is 8.90. The fraction of sp³-hybridized carbons (Fsp3) is 0.350. The number of Topliss-reactive ketones (excluding diaryl/α,β-unsaturated/α-hetero) is 1. The summed E-state index contributed by atoms with van der Waals surface area (Å²) in [7, 11) is -3.93. The van der Waals surface area contributed by atoms with Gasteiger partial charge in [0.05, 0.1) is 16.5 Å². The monoisotopic (exact) mass is 417 g/mol. The molecule has 0 aliphatic heterocycles. The molecule has 1 heterocycles. The molecule has 0 aliphatic rings. The van der Waals surface area contributed by atoms with Crippen LogP contribution in [0.25, 0.3) is 0 Å². The van der Waals surface area contributed by atoms with Crippen LogP contribution in [-0.2, 0) is 26.1 Å². The average molecular weight is 417 g/mol. The van der Waals surface area contributed by atoms with Gasteiger partial charge in [-0.2, -0.15) is 9.98 Å². The summed E-state index contributed by atoms with van der Waals surface area (Å²) >= 11 is 0. The van der Waals surface area contributed by atoms with E-state index in [1.54, 1.807) is 6.07 Å². The van der Waals surface area contributed by atoms with Crippen molar-refractivity contribution >= 4 is 21.8 Å². The summed E-state index contributed by atoms with van der Waals surface area (Å²) < 4.78 is 33.4. The van der Waals surface area contributed by atoms with Crippen LogP contribution in [0.1, 0.15) is 40.7 Å². The standard InChI is InChI=1S/C20H23N3O5S/c1-4-9-23-14(2)10-18(15(23)3)19(24)13-28-20(25)12-22-29(26,27)17-7-5-16(11-21)6-8-17/h5-8,10,22H,4,9,12-13H2,1-3H3. The Hall–Kier alpha value is -2.96. The predicted molar refractivity (Wildman–Crippen MR) is 106 cm³/mol. The zero-order valence-electron chi connectivity index (χ0n) is 16.6. The van der Waals surface area contributed by atoms with Gasteiger partial charge in [-0.05, 0) is 50.6 Å². The van der Waals surface area contributed by atoms with Gasteiger partial charge in [0.1, 0.15) is 6.54 Å². The maximum Gasteiger partial charge on any atom is 0.321 e. The second-order valence-corrected chi connectivity index (χ2v) is 8.25. The fourth-order valence-corrected chi connectivity index (χ4v) is 3.84. The zero-order valence-corrected chi connectivity index (χ0v) is 17.4. The van der Waals surface area contributed by atoms with Crippen molar-refractivity contribution in [3.63, 3.8) is 0 Å². The number of aromatic nitrogens is 1. The number of ether oxygens (including phenoxy) is 1. The van der Waals surface area contributed by atoms with Crippen molar-refractivity contribution in [3.8, 4) is 6.07 Å². The predicted octanol–water partition coefficient (Wildman–Crippen LogP) is 2.09. The number of carbonyl (C=O) groups excluding carboxylic acids is 2.